The predicted octanol–water partition coefficient (Wildman–Crippen LogP) is 7.61. The summed E-state index contributed by atoms with van der Waals surface area (Å²) in [5.74, 6) is 0.661. The van der Waals surface area contributed by atoms with E-state index in [1.807, 2.05) is 54.6 Å². The molecule has 3 aromatic carbocycles. The van der Waals surface area contributed by atoms with Gasteiger partial charge in [0.1, 0.15) is 29.4 Å². The number of benzene rings is 3. The molecule has 200 valence electrons. The summed E-state index contributed by atoms with van der Waals surface area (Å²) in [5.41, 5.74) is 6.50. The Morgan fingerprint density at radius 1 is 0.762 bits per heavy atom. The van der Waals surface area contributed by atoms with E-state index in [1.165, 1.54) is 24.1 Å². The van der Waals surface area contributed by atoms with E-state index in [1.54, 1.807) is 18.5 Å². The summed E-state index contributed by atoms with van der Waals surface area (Å²) in [4.78, 5) is 9.47. The molecule has 0 unspecified atom stereocenters. The first kappa shape index (κ1) is 22.9. The highest BCUT2D eigenvalue weighted by molar-refractivity contribution is 7.13. The maximum absolute atomic E-state index is 6.38. The number of nitrogens with zero attached hydrogens (tertiary/aromatic N) is 6. The average molecular weight is 570 g/mol. The molecule has 0 atom stereocenters. The number of nitrogens with one attached hydrogen (secondary N) is 1. The van der Waals surface area contributed by atoms with Crippen molar-refractivity contribution in [3.8, 4) is 56.8 Å². The quantitative estimate of drug-likeness (QED) is 0.220. The largest absolute Gasteiger partial charge is 0.444 e. The number of H-pyrrole nitrogens is 1. The fourth-order valence-electron chi connectivity index (χ4n) is 5.39. The second-order valence-corrected chi connectivity index (χ2v) is 10.2. The lowest BCUT2D eigenvalue weighted by Gasteiger charge is -2.15. The molecule has 6 aromatic heterocycles. The Labute approximate surface area is 238 Å². The van der Waals surface area contributed by atoms with Crippen LogP contribution in [0.3, 0.4) is 0 Å². The zero-order chi connectivity index (χ0) is 27.6. The fourth-order valence-corrected chi connectivity index (χ4v) is 6.17. The van der Waals surface area contributed by atoms with Crippen LogP contribution < -0.4 is 0 Å². The van der Waals surface area contributed by atoms with Crippen LogP contribution in [0.15, 0.2) is 103 Å². The number of oxazole rings is 2. The molecule has 0 spiro atoms. The Morgan fingerprint density at radius 3 is 2.52 bits per heavy atom. The molecule has 42 heavy (non-hydrogen) atoms. The molecule has 0 aliphatic rings. The third kappa shape index (κ3) is 3.26. The van der Waals surface area contributed by atoms with Gasteiger partial charge in [0, 0.05) is 23.2 Å². The van der Waals surface area contributed by atoms with Crippen molar-refractivity contribution in [1.29, 1.82) is 0 Å². The summed E-state index contributed by atoms with van der Waals surface area (Å²) in [6.07, 6.45) is 6.35. The van der Waals surface area contributed by atoms with Gasteiger partial charge >= 0.3 is 0 Å². The van der Waals surface area contributed by atoms with Gasteiger partial charge in [-0.3, -0.25) is 5.10 Å². The topological polar surface area (TPSA) is 146 Å². The molecule has 0 saturated carbocycles. The Morgan fingerprint density at radius 2 is 1.69 bits per heavy atom. The van der Waals surface area contributed by atoms with Crippen LogP contribution >= 0.6 is 11.5 Å². The molecule has 0 saturated heterocycles. The van der Waals surface area contributed by atoms with Gasteiger partial charge in [-0.15, -0.1) is 0 Å². The zero-order valence-corrected chi connectivity index (χ0v) is 22.1. The summed E-state index contributed by atoms with van der Waals surface area (Å²) in [7, 11) is 0. The Bertz CT molecular complexity index is 2330. The minimum Gasteiger partial charge on any atom is -0.444 e. The second-order valence-electron chi connectivity index (χ2n) is 9.43. The highest BCUT2D eigenvalue weighted by atomic mass is 32.1. The number of para-hydroxylation sites is 2. The maximum Gasteiger partial charge on any atom is 0.228 e. The smallest absolute Gasteiger partial charge is 0.228 e. The van der Waals surface area contributed by atoms with Crippen LogP contribution in [-0.4, -0.2) is 34.9 Å². The SMILES string of the molecule is c1ccc2oc(-c3c(-c4ncco4)c(-c4cc[nH]n4)c(-c4nsc5ccccc45)c4onc(-c5ccon5)c34)nc2c1. The number of hydrogen-bond donors (Lipinski definition) is 1. The van der Waals surface area contributed by atoms with E-state index in [9.17, 15) is 0 Å². The first-order chi connectivity index (χ1) is 20.8. The van der Waals surface area contributed by atoms with Gasteiger partial charge in [-0.25, -0.2) is 9.97 Å². The molecule has 0 aliphatic heterocycles. The normalized spacial score (nSPS) is 11.8. The summed E-state index contributed by atoms with van der Waals surface area (Å²) >= 11 is 1.40. The summed E-state index contributed by atoms with van der Waals surface area (Å²) < 4.78 is 29.7. The molecule has 1 N–H and O–H groups in total. The van der Waals surface area contributed by atoms with Crippen molar-refractivity contribution in [3.05, 3.63) is 85.6 Å². The van der Waals surface area contributed by atoms with Gasteiger partial charge in [-0.2, -0.15) is 9.47 Å². The first-order valence-corrected chi connectivity index (χ1v) is 13.6. The van der Waals surface area contributed by atoms with Crippen LogP contribution in [0.25, 0.3) is 89.0 Å². The van der Waals surface area contributed by atoms with Crippen molar-refractivity contribution < 1.29 is 17.9 Å². The third-order valence-corrected chi connectivity index (χ3v) is 7.95. The molecule has 6 heterocycles. The first-order valence-electron chi connectivity index (χ1n) is 12.9. The highest BCUT2D eigenvalue weighted by Gasteiger charge is 2.35. The minimum absolute atomic E-state index is 0.328. The van der Waals surface area contributed by atoms with Crippen molar-refractivity contribution in [3.63, 3.8) is 0 Å². The number of fused-ring (bicyclic) bond motifs is 3. The van der Waals surface area contributed by atoms with Crippen molar-refractivity contribution in [2.24, 2.45) is 0 Å². The third-order valence-electron chi connectivity index (χ3n) is 7.12. The molecule has 0 fully saturated rings. The molecular formula is C30H15N7O4S. The van der Waals surface area contributed by atoms with E-state index in [2.05, 4.69) is 25.5 Å². The Hall–Kier alpha value is -5.88. The summed E-state index contributed by atoms with van der Waals surface area (Å²) in [6.45, 7) is 0. The van der Waals surface area contributed by atoms with Crippen molar-refractivity contribution >= 4 is 43.7 Å². The van der Waals surface area contributed by atoms with E-state index >= 15 is 0 Å². The number of aromatic nitrogens is 7. The lowest BCUT2D eigenvalue weighted by Crippen LogP contribution is -1.98. The summed E-state index contributed by atoms with van der Waals surface area (Å²) in [6, 6.07) is 19.2. The standard InChI is InChI=1S/C30H15N7O4S/c1-4-8-20-15(5-1)26(37-42-20)24-21(17-9-11-32-34-17)22(29-31-12-14-38-29)23(30-33-16-6-2-3-7-19(16)40-30)25-27(36-41-28(24)25)18-10-13-39-35-18/h1-14H,(H,32,34). The number of rotatable bonds is 5. The van der Waals surface area contributed by atoms with Gasteiger partial charge < -0.3 is 17.9 Å². The number of hydrogen-bond acceptors (Lipinski definition) is 11. The predicted molar refractivity (Wildman–Crippen MR) is 154 cm³/mol. The van der Waals surface area contributed by atoms with E-state index in [0.29, 0.717) is 78.9 Å². The molecule has 9 aromatic rings. The fraction of sp³-hybridized carbons (Fsp3) is 0. The van der Waals surface area contributed by atoms with Gasteiger partial charge in [0.2, 0.25) is 11.8 Å². The van der Waals surface area contributed by atoms with Gasteiger partial charge in [-0.1, -0.05) is 40.6 Å². The van der Waals surface area contributed by atoms with E-state index in [0.717, 1.165) is 10.1 Å². The molecule has 0 amide bonds. The van der Waals surface area contributed by atoms with Crippen LogP contribution in [0.1, 0.15) is 0 Å². The number of aromatic amines is 1. The Balaban J connectivity index is 1.54. The lowest BCUT2D eigenvalue weighted by atomic mass is 9.87. The molecule has 0 aliphatic carbocycles. The summed E-state index contributed by atoms with van der Waals surface area (Å²) in [5, 5.41) is 17.8. The monoisotopic (exact) mass is 569 g/mol. The molecule has 0 bridgehead atoms. The van der Waals surface area contributed by atoms with Crippen molar-refractivity contribution in [2.75, 3.05) is 0 Å². The van der Waals surface area contributed by atoms with Crippen LogP contribution in [0.2, 0.25) is 0 Å². The van der Waals surface area contributed by atoms with Gasteiger partial charge in [0.05, 0.1) is 44.4 Å². The Kier molecular flexibility index (Phi) is 4.80. The van der Waals surface area contributed by atoms with Crippen LogP contribution in [0, 0.1) is 0 Å². The van der Waals surface area contributed by atoms with Gasteiger partial charge in [0.25, 0.3) is 0 Å². The van der Waals surface area contributed by atoms with Crippen molar-refractivity contribution in [1.82, 2.24) is 34.9 Å². The molecular weight excluding hydrogens is 554 g/mol. The molecule has 0 radical (unpaired) electrons. The van der Waals surface area contributed by atoms with Gasteiger partial charge in [0.15, 0.2) is 11.2 Å². The van der Waals surface area contributed by atoms with Crippen LogP contribution in [0.5, 0.6) is 0 Å². The van der Waals surface area contributed by atoms with E-state index in [4.69, 9.17) is 27.2 Å². The average Bonchev–Trinajstić information content (AvgIpc) is 3.87. The zero-order valence-electron chi connectivity index (χ0n) is 21.3. The highest BCUT2D eigenvalue weighted by Crippen LogP contribution is 2.53. The molecule has 11 nitrogen and oxygen atoms in total. The second kappa shape index (κ2) is 8.81. The molecule has 12 heteroatoms. The van der Waals surface area contributed by atoms with E-state index in [-0.39, 0.29) is 0 Å². The van der Waals surface area contributed by atoms with Crippen LogP contribution in [0.4, 0.5) is 0 Å². The minimum atomic E-state index is 0.328. The lowest BCUT2D eigenvalue weighted by molar-refractivity contribution is 0.419. The van der Waals surface area contributed by atoms with Crippen LogP contribution in [-0.2, 0) is 0 Å². The maximum atomic E-state index is 6.38. The molecule has 9 rings (SSSR count). The van der Waals surface area contributed by atoms with E-state index < -0.39 is 0 Å². The van der Waals surface area contributed by atoms with Gasteiger partial charge in [-0.05, 0) is 35.8 Å². The van der Waals surface area contributed by atoms with Crippen molar-refractivity contribution in [2.45, 2.75) is 0 Å².